The minimum Gasteiger partial charge on any atom is -0.508 e. The Balaban J connectivity index is 1.40. The third kappa shape index (κ3) is 3.40. The molecule has 1 unspecified atom stereocenters. The monoisotopic (exact) mass is 352 g/mol. The zero-order chi connectivity index (χ0) is 18.1. The van der Waals surface area contributed by atoms with E-state index in [1.165, 1.54) is 12.8 Å². The van der Waals surface area contributed by atoms with Crippen molar-refractivity contribution in [3.8, 4) is 17.2 Å². The summed E-state index contributed by atoms with van der Waals surface area (Å²) in [5, 5.41) is 12.6. The number of hydrogen-bond acceptors (Lipinski definition) is 4. The molecule has 2 aromatic carbocycles. The van der Waals surface area contributed by atoms with Crippen molar-refractivity contribution >= 4 is 5.91 Å². The van der Waals surface area contributed by atoms with E-state index in [0.717, 1.165) is 13.1 Å². The average molecular weight is 352 g/mol. The zero-order valence-corrected chi connectivity index (χ0v) is 14.9. The van der Waals surface area contributed by atoms with Crippen LogP contribution < -0.4 is 10.1 Å². The highest BCUT2D eigenvalue weighted by molar-refractivity contribution is 5.94. The van der Waals surface area contributed by atoms with Crippen molar-refractivity contribution < 1.29 is 14.6 Å². The van der Waals surface area contributed by atoms with E-state index in [-0.39, 0.29) is 17.7 Å². The van der Waals surface area contributed by atoms with Gasteiger partial charge in [0, 0.05) is 17.6 Å². The number of fused-ring (bicyclic) bond motifs is 3. The number of amides is 1. The fourth-order valence-electron chi connectivity index (χ4n) is 4.10. The van der Waals surface area contributed by atoms with Crippen LogP contribution in [0.5, 0.6) is 17.2 Å². The van der Waals surface area contributed by atoms with Gasteiger partial charge in [0.25, 0.3) is 5.91 Å². The summed E-state index contributed by atoms with van der Waals surface area (Å²) in [6.07, 6.45) is 2.35. The number of hydrogen-bond donors (Lipinski definition) is 2. The van der Waals surface area contributed by atoms with E-state index >= 15 is 0 Å². The van der Waals surface area contributed by atoms with Crippen molar-refractivity contribution in [3.05, 3.63) is 54.1 Å². The number of phenols is 1. The van der Waals surface area contributed by atoms with Crippen molar-refractivity contribution in [1.82, 2.24) is 10.2 Å². The SMILES string of the molecule is CC1[C@H](NC(=O)c2ccc(Oc3ccc(O)cc3)cc2)C2CCN1CC2. The molecule has 1 amide bonds. The van der Waals surface area contributed by atoms with E-state index < -0.39 is 0 Å². The molecule has 0 saturated carbocycles. The molecule has 3 fully saturated rings. The molecule has 5 rings (SSSR count). The maximum atomic E-state index is 12.6. The Kier molecular flexibility index (Phi) is 4.55. The number of aromatic hydroxyl groups is 1. The van der Waals surface area contributed by atoms with E-state index in [9.17, 15) is 9.90 Å². The van der Waals surface area contributed by atoms with E-state index in [4.69, 9.17) is 4.74 Å². The molecule has 2 atom stereocenters. The lowest BCUT2D eigenvalue weighted by atomic mass is 9.79. The Bertz CT molecular complexity index is 763. The largest absolute Gasteiger partial charge is 0.508 e. The lowest BCUT2D eigenvalue weighted by molar-refractivity contribution is 0.0217. The van der Waals surface area contributed by atoms with Gasteiger partial charge in [-0.2, -0.15) is 0 Å². The fraction of sp³-hybridized carbons (Fsp3) is 0.381. The predicted octanol–water partition coefficient (Wildman–Crippen LogP) is 3.40. The Morgan fingerprint density at radius 2 is 1.62 bits per heavy atom. The topological polar surface area (TPSA) is 61.8 Å². The number of carbonyl (C=O) groups excluding carboxylic acids is 1. The molecule has 5 nitrogen and oxygen atoms in total. The maximum absolute atomic E-state index is 12.6. The average Bonchev–Trinajstić information content (AvgIpc) is 2.67. The number of carbonyl (C=O) groups is 1. The zero-order valence-electron chi connectivity index (χ0n) is 14.9. The minimum absolute atomic E-state index is 0.0215. The number of piperidine rings is 3. The van der Waals surface area contributed by atoms with Gasteiger partial charge in [0.15, 0.2) is 0 Å². The van der Waals surface area contributed by atoms with Crippen LogP contribution >= 0.6 is 0 Å². The highest BCUT2D eigenvalue weighted by Gasteiger charge is 2.40. The molecule has 0 aliphatic carbocycles. The van der Waals surface area contributed by atoms with Crippen LogP contribution in [0.1, 0.15) is 30.1 Å². The molecule has 2 N–H and O–H groups in total. The Morgan fingerprint density at radius 3 is 2.19 bits per heavy atom. The molecular formula is C21H24N2O3. The second-order valence-electron chi connectivity index (χ2n) is 7.23. The lowest BCUT2D eigenvalue weighted by Gasteiger charge is -2.49. The van der Waals surface area contributed by atoms with E-state index in [1.54, 1.807) is 48.5 Å². The van der Waals surface area contributed by atoms with E-state index in [1.807, 2.05) is 0 Å². The standard InChI is InChI=1S/C21H24N2O3/c1-14-20(15-10-12-23(14)13-11-15)22-21(25)16-2-6-18(7-3-16)26-19-8-4-17(24)5-9-19/h2-9,14-15,20,24H,10-13H2,1H3,(H,22,25)/t14?,20-/m0/s1. The van der Waals surface area contributed by atoms with Gasteiger partial charge < -0.3 is 15.2 Å². The second kappa shape index (κ2) is 7.00. The first-order chi connectivity index (χ1) is 12.6. The second-order valence-corrected chi connectivity index (χ2v) is 7.23. The summed E-state index contributed by atoms with van der Waals surface area (Å²) < 4.78 is 5.73. The number of benzene rings is 2. The molecule has 3 aliphatic rings. The van der Waals surface area contributed by atoms with Crippen LogP contribution in [-0.4, -0.2) is 41.1 Å². The molecule has 5 heteroatoms. The summed E-state index contributed by atoms with van der Waals surface area (Å²) in [5.74, 6) is 2.07. The van der Waals surface area contributed by atoms with Gasteiger partial charge in [-0.25, -0.2) is 0 Å². The number of ether oxygens (including phenoxy) is 1. The predicted molar refractivity (Wildman–Crippen MR) is 99.6 cm³/mol. The van der Waals surface area contributed by atoms with Crippen molar-refractivity contribution in [2.24, 2.45) is 5.92 Å². The summed E-state index contributed by atoms with van der Waals surface area (Å²) in [6.45, 7) is 4.52. The van der Waals surface area contributed by atoms with Gasteiger partial charge in [0.05, 0.1) is 0 Å². The summed E-state index contributed by atoms with van der Waals surface area (Å²) in [7, 11) is 0. The summed E-state index contributed by atoms with van der Waals surface area (Å²) >= 11 is 0. The smallest absolute Gasteiger partial charge is 0.251 e. The van der Waals surface area contributed by atoms with Crippen LogP contribution in [0.15, 0.2) is 48.5 Å². The molecule has 0 radical (unpaired) electrons. The van der Waals surface area contributed by atoms with Gasteiger partial charge in [0.1, 0.15) is 17.2 Å². The summed E-state index contributed by atoms with van der Waals surface area (Å²) in [4.78, 5) is 15.1. The van der Waals surface area contributed by atoms with E-state index in [0.29, 0.717) is 29.0 Å². The van der Waals surface area contributed by atoms with Crippen LogP contribution in [0.4, 0.5) is 0 Å². The molecule has 3 heterocycles. The number of nitrogens with one attached hydrogen (secondary N) is 1. The quantitative estimate of drug-likeness (QED) is 0.885. The first-order valence-corrected chi connectivity index (χ1v) is 9.22. The molecule has 26 heavy (non-hydrogen) atoms. The molecular weight excluding hydrogens is 328 g/mol. The molecule has 3 saturated heterocycles. The van der Waals surface area contributed by atoms with Gasteiger partial charge >= 0.3 is 0 Å². The molecule has 3 aliphatic heterocycles. The number of rotatable bonds is 4. The van der Waals surface area contributed by atoms with Crippen molar-refractivity contribution in [2.75, 3.05) is 13.1 Å². The third-order valence-corrected chi connectivity index (χ3v) is 5.66. The van der Waals surface area contributed by atoms with Crippen LogP contribution in [0.2, 0.25) is 0 Å². The van der Waals surface area contributed by atoms with Crippen molar-refractivity contribution in [3.63, 3.8) is 0 Å². The fourth-order valence-corrected chi connectivity index (χ4v) is 4.10. The minimum atomic E-state index is -0.0215. The normalized spacial score (nSPS) is 27.1. The number of phenolic OH excluding ortho intramolecular Hbond substituents is 1. The molecule has 2 aromatic rings. The first kappa shape index (κ1) is 16.9. The maximum Gasteiger partial charge on any atom is 0.251 e. The van der Waals surface area contributed by atoms with Crippen LogP contribution in [0.25, 0.3) is 0 Å². The van der Waals surface area contributed by atoms with Crippen molar-refractivity contribution in [2.45, 2.75) is 31.8 Å². The Morgan fingerprint density at radius 1 is 1.04 bits per heavy atom. The summed E-state index contributed by atoms with van der Waals surface area (Å²) in [5.41, 5.74) is 0.645. The first-order valence-electron chi connectivity index (χ1n) is 9.22. The van der Waals surface area contributed by atoms with Crippen LogP contribution in [0, 0.1) is 5.92 Å². The Hall–Kier alpha value is -2.53. The summed E-state index contributed by atoms with van der Waals surface area (Å²) in [6, 6.07) is 14.4. The number of nitrogens with zero attached hydrogens (tertiary/aromatic N) is 1. The van der Waals surface area contributed by atoms with Crippen molar-refractivity contribution in [1.29, 1.82) is 0 Å². The van der Waals surface area contributed by atoms with Gasteiger partial charge in [-0.1, -0.05) is 0 Å². The highest BCUT2D eigenvalue weighted by atomic mass is 16.5. The van der Waals surface area contributed by atoms with Gasteiger partial charge in [-0.15, -0.1) is 0 Å². The lowest BCUT2D eigenvalue weighted by Crippen LogP contribution is -2.62. The molecule has 0 aromatic heterocycles. The van der Waals surface area contributed by atoms with Gasteiger partial charge in [0.2, 0.25) is 0 Å². The van der Waals surface area contributed by atoms with E-state index in [2.05, 4.69) is 17.1 Å². The van der Waals surface area contributed by atoms with Crippen LogP contribution in [0.3, 0.4) is 0 Å². The van der Waals surface area contributed by atoms with Gasteiger partial charge in [-0.3, -0.25) is 9.69 Å². The van der Waals surface area contributed by atoms with Gasteiger partial charge in [-0.05, 0) is 87.3 Å². The Labute approximate surface area is 153 Å². The molecule has 136 valence electrons. The third-order valence-electron chi connectivity index (χ3n) is 5.66. The van der Waals surface area contributed by atoms with Crippen LogP contribution in [-0.2, 0) is 0 Å². The molecule has 0 spiro atoms. The highest BCUT2D eigenvalue weighted by Crippen LogP contribution is 2.32. The molecule has 2 bridgehead atoms.